The minimum atomic E-state index is -1.69. The number of esters is 1. The highest BCUT2D eigenvalue weighted by Crippen LogP contribution is 2.81. The second-order valence-electron chi connectivity index (χ2n) is 19.4. The molecule has 8 fully saturated rings. The van der Waals surface area contributed by atoms with Crippen LogP contribution < -0.4 is 0 Å². The van der Waals surface area contributed by atoms with Gasteiger partial charge in [0.1, 0.15) is 72.7 Å². The first-order valence-corrected chi connectivity index (χ1v) is 21.8. The molecule has 0 aromatic rings. The maximum absolute atomic E-state index is 12.0. The molecule has 0 amide bonds. The quantitative estimate of drug-likeness (QED) is 0.0866. The first-order chi connectivity index (χ1) is 28.1. The summed E-state index contributed by atoms with van der Waals surface area (Å²) in [6, 6.07) is 0. The molecule has 0 radical (unpaired) electrons. The molecule has 5 aliphatic heterocycles. The highest BCUT2D eigenvalue weighted by atomic mass is 16.8. The lowest BCUT2D eigenvalue weighted by molar-refractivity contribution is -0.355. The molecule has 17 nitrogen and oxygen atoms in total. The topological polar surface area (TPSA) is 245 Å². The van der Waals surface area contributed by atoms with Crippen molar-refractivity contribution >= 4 is 5.97 Å². The van der Waals surface area contributed by atoms with E-state index < -0.39 is 99.2 Å². The number of methoxy groups -OCH3 is 1. The molecular formula is C42H64O17. The standard InChI is InChI=1S/C42H64O17/c1-19-36(58-38-35(50)33(48)31(46)26(57-38)18-53-37-34(49)32(47)30(45)25(16-43)56-37)24(51-4)15-29(54-19)55-22-6-9-39(2)21(14-22)5-11-41-27(39)8-10-40(3)23(7-12-42(40,41)59-41)20-13-28(44)52-17-20/h13,19,21-27,29-38,43,45-50H,5-12,14-18H2,1-4H3/t19-,21-,22+,23-,24-,25-,26-,27-,29+,30-,31-,32+,33+,34-,35-,36+,37-,38+,39+,40-,41+,42-/m1/s1. The van der Waals surface area contributed by atoms with Crippen LogP contribution in [0.2, 0.25) is 0 Å². The van der Waals surface area contributed by atoms with Crippen LogP contribution in [0.5, 0.6) is 0 Å². The Labute approximate surface area is 344 Å². The summed E-state index contributed by atoms with van der Waals surface area (Å²) in [6.45, 7) is 6.01. The van der Waals surface area contributed by atoms with E-state index in [-0.39, 0.29) is 34.1 Å². The monoisotopic (exact) mass is 840 g/mol. The minimum Gasteiger partial charge on any atom is -0.458 e. The number of epoxide rings is 1. The predicted molar refractivity (Wildman–Crippen MR) is 200 cm³/mol. The highest BCUT2D eigenvalue weighted by molar-refractivity contribution is 5.85. The van der Waals surface area contributed by atoms with Gasteiger partial charge >= 0.3 is 5.97 Å². The molecule has 2 spiro atoms. The lowest BCUT2D eigenvalue weighted by Crippen LogP contribution is -2.63. The third-order valence-corrected chi connectivity index (χ3v) is 16.8. The fraction of sp³-hybridized carbons (Fsp3) is 0.929. The van der Waals surface area contributed by atoms with Crippen molar-refractivity contribution in [2.75, 3.05) is 26.9 Å². The van der Waals surface area contributed by atoms with Crippen LogP contribution in [-0.4, -0.2) is 172 Å². The molecule has 9 rings (SSSR count). The van der Waals surface area contributed by atoms with E-state index in [2.05, 4.69) is 13.8 Å². The molecule has 0 aromatic heterocycles. The smallest absolute Gasteiger partial charge is 0.331 e. The summed E-state index contributed by atoms with van der Waals surface area (Å²) in [4.78, 5) is 12.0. The molecule has 17 heteroatoms. The van der Waals surface area contributed by atoms with Gasteiger partial charge in [-0.25, -0.2) is 4.79 Å². The second kappa shape index (κ2) is 15.7. The third kappa shape index (κ3) is 6.71. The summed E-state index contributed by atoms with van der Waals surface area (Å²) >= 11 is 0. The number of hydrogen-bond acceptors (Lipinski definition) is 17. The number of cyclic esters (lactones) is 1. The Bertz CT molecular complexity index is 1600. The number of aliphatic hydroxyl groups is 7. The Balaban J connectivity index is 0.796. The van der Waals surface area contributed by atoms with E-state index in [1.54, 1.807) is 13.2 Å². The van der Waals surface area contributed by atoms with Gasteiger partial charge in [-0.15, -0.1) is 0 Å². The molecule has 4 saturated carbocycles. The zero-order valence-corrected chi connectivity index (χ0v) is 34.4. The molecule has 7 N–H and O–H groups in total. The van der Waals surface area contributed by atoms with Crippen molar-refractivity contribution in [2.45, 2.75) is 188 Å². The molecule has 4 aliphatic carbocycles. The van der Waals surface area contributed by atoms with Crippen molar-refractivity contribution in [1.82, 2.24) is 0 Å². The normalized spacial score (nSPS) is 55.6. The van der Waals surface area contributed by atoms with Crippen LogP contribution in [0.25, 0.3) is 0 Å². The van der Waals surface area contributed by atoms with Crippen LogP contribution in [0.15, 0.2) is 11.6 Å². The molecule has 59 heavy (non-hydrogen) atoms. The summed E-state index contributed by atoms with van der Waals surface area (Å²) in [5, 5.41) is 72.5. The number of ether oxygens (including phenoxy) is 9. The van der Waals surface area contributed by atoms with Crippen molar-refractivity contribution in [3.8, 4) is 0 Å². The second-order valence-corrected chi connectivity index (χ2v) is 19.4. The molecule has 334 valence electrons. The van der Waals surface area contributed by atoms with E-state index in [1.807, 2.05) is 6.92 Å². The van der Waals surface area contributed by atoms with Crippen LogP contribution in [0.1, 0.15) is 85.0 Å². The van der Waals surface area contributed by atoms with Gasteiger partial charge < -0.3 is 78.4 Å². The molecule has 9 aliphatic rings. The van der Waals surface area contributed by atoms with E-state index in [0.29, 0.717) is 30.8 Å². The van der Waals surface area contributed by atoms with Gasteiger partial charge in [0.25, 0.3) is 0 Å². The number of carbonyl (C=O) groups is 1. The highest BCUT2D eigenvalue weighted by Gasteiger charge is 2.86. The van der Waals surface area contributed by atoms with Gasteiger partial charge in [0, 0.05) is 25.0 Å². The van der Waals surface area contributed by atoms with E-state index >= 15 is 0 Å². The SMILES string of the molecule is CO[C@@H]1C[C@H](O[C@H]2CC[C@@]3(C)[C@H](CC[C@@]45O[C@@]46CC[C@H](C4=CC(=O)OC4)[C@@]6(C)CC[C@H]35)C2)O[C@H](C)[C@@H]1O[C@@H]1O[C@H](CO[C@@H]2O[C@H](CO)[C@@H](O)[C@H](O)[C@H]2O)[C@@H](O)[C@H](O)[C@H]1O. The minimum absolute atomic E-state index is 0.00419. The lowest BCUT2D eigenvalue weighted by Gasteiger charge is -2.58. The number of fused-ring (bicyclic) bond motifs is 2. The average molecular weight is 841 g/mol. The van der Waals surface area contributed by atoms with Crippen molar-refractivity contribution in [3.05, 3.63) is 11.6 Å². The van der Waals surface area contributed by atoms with Gasteiger partial charge in [-0.1, -0.05) is 13.8 Å². The van der Waals surface area contributed by atoms with Crippen LogP contribution in [0.4, 0.5) is 0 Å². The van der Waals surface area contributed by atoms with Gasteiger partial charge in [-0.3, -0.25) is 0 Å². The lowest BCUT2D eigenvalue weighted by atomic mass is 9.44. The molecule has 0 unspecified atom stereocenters. The molecule has 22 atom stereocenters. The van der Waals surface area contributed by atoms with Gasteiger partial charge in [0.2, 0.25) is 0 Å². The van der Waals surface area contributed by atoms with Crippen LogP contribution in [0, 0.1) is 28.6 Å². The first kappa shape index (κ1) is 42.9. The zero-order valence-electron chi connectivity index (χ0n) is 34.4. The fourth-order valence-electron chi connectivity index (χ4n) is 13.5. The van der Waals surface area contributed by atoms with Gasteiger partial charge in [-0.05, 0) is 93.5 Å². The van der Waals surface area contributed by atoms with E-state index in [4.69, 9.17) is 42.6 Å². The summed E-state index contributed by atoms with van der Waals surface area (Å²) in [6.07, 6.45) is -6.34. The summed E-state index contributed by atoms with van der Waals surface area (Å²) in [5.41, 5.74) is 1.08. The zero-order chi connectivity index (χ0) is 41.8. The van der Waals surface area contributed by atoms with Crippen LogP contribution in [-0.2, 0) is 47.4 Å². The van der Waals surface area contributed by atoms with Gasteiger partial charge in [-0.2, -0.15) is 0 Å². The molecule has 4 saturated heterocycles. The van der Waals surface area contributed by atoms with Crippen molar-refractivity contribution in [3.63, 3.8) is 0 Å². The molecular weight excluding hydrogens is 776 g/mol. The Morgan fingerprint density at radius 1 is 0.797 bits per heavy atom. The van der Waals surface area contributed by atoms with Crippen LogP contribution in [0.3, 0.4) is 0 Å². The summed E-state index contributed by atoms with van der Waals surface area (Å²) in [5.74, 6) is 1.08. The van der Waals surface area contributed by atoms with Crippen molar-refractivity contribution in [1.29, 1.82) is 0 Å². The molecule has 0 bridgehead atoms. The Morgan fingerprint density at radius 2 is 1.53 bits per heavy atom. The largest absolute Gasteiger partial charge is 0.458 e. The van der Waals surface area contributed by atoms with Crippen LogP contribution >= 0.6 is 0 Å². The molecule has 5 heterocycles. The number of aliphatic hydroxyl groups excluding tert-OH is 7. The first-order valence-electron chi connectivity index (χ1n) is 21.8. The Morgan fingerprint density at radius 3 is 2.24 bits per heavy atom. The number of rotatable bonds is 10. The summed E-state index contributed by atoms with van der Waals surface area (Å²) in [7, 11) is 1.56. The third-order valence-electron chi connectivity index (χ3n) is 16.8. The Hall–Kier alpha value is -1.39. The maximum atomic E-state index is 12.0. The van der Waals surface area contributed by atoms with Crippen molar-refractivity contribution < 1.29 is 83.2 Å². The van der Waals surface area contributed by atoms with E-state index in [1.165, 1.54) is 0 Å². The Kier molecular flexibility index (Phi) is 11.4. The van der Waals surface area contributed by atoms with Crippen molar-refractivity contribution in [2.24, 2.45) is 28.6 Å². The maximum Gasteiger partial charge on any atom is 0.331 e. The van der Waals surface area contributed by atoms with E-state index in [9.17, 15) is 40.5 Å². The molecule has 0 aromatic carbocycles. The van der Waals surface area contributed by atoms with Gasteiger partial charge in [0.15, 0.2) is 18.9 Å². The number of hydrogen-bond donors (Lipinski definition) is 7. The predicted octanol–water partition coefficient (Wildman–Crippen LogP) is -0.0517. The van der Waals surface area contributed by atoms with E-state index in [0.717, 1.165) is 63.4 Å². The average Bonchev–Trinajstić information content (AvgIpc) is 3.53. The fourth-order valence-corrected chi connectivity index (χ4v) is 13.5. The van der Waals surface area contributed by atoms with Gasteiger partial charge in [0.05, 0.1) is 31.5 Å². The summed E-state index contributed by atoms with van der Waals surface area (Å²) < 4.78 is 54.5. The number of carbonyl (C=O) groups excluding carboxylic acids is 1.